The van der Waals surface area contributed by atoms with Crippen molar-refractivity contribution in [2.75, 3.05) is 32.6 Å². The Bertz CT molecular complexity index is 1240. The summed E-state index contributed by atoms with van der Waals surface area (Å²) in [5.74, 6) is -1.45. The molecule has 1 saturated heterocycles. The van der Waals surface area contributed by atoms with Crippen molar-refractivity contribution < 1.29 is 23.9 Å². The quantitative estimate of drug-likeness (QED) is 0.492. The van der Waals surface area contributed by atoms with Crippen LogP contribution in [0.5, 0.6) is 0 Å². The van der Waals surface area contributed by atoms with Crippen molar-refractivity contribution in [1.29, 1.82) is 0 Å². The van der Waals surface area contributed by atoms with E-state index in [-0.39, 0.29) is 17.0 Å². The van der Waals surface area contributed by atoms with E-state index in [0.29, 0.717) is 22.5 Å². The fourth-order valence-corrected chi connectivity index (χ4v) is 4.60. The minimum Gasteiger partial charge on any atom is -0.465 e. The third kappa shape index (κ3) is 5.49. The average Bonchev–Trinajstić information content (AvgIpc) is 3.26. The summed E-state index contributed by atoms with van der Waals surface area (Å²) in [7, 11) is 4.26. The van der Waals surface area contributed by atoms with E-state index in [2.05, 4.69) is 10.2 Å². The van der Waals surface area contributed by atoms with Crippen LogP contribution in [0.15, 0.2) is 54.7 Å². The highest BCUT2D eigenvalue weighted by atomic mass is 16.5. The molecule has 1 aromatic heterocycles. The molecule has 0 saturated carbocycles. The molecule has 8 nitrogen and oxygen atoms in total. The van der Waals surface area contributed by atoms with Crippen molar-refractivity contribution in [2.45, 2.75) is 25.8 Å². The van der Waals surface area contributed by atoms with Gasteiger partial charge in [0.2, 0.25) is 0 Å². The van der Waals surface area contributed by atoms with E-state index >= 15 is 0 Å². The number of aromatic nitrogens is 1. The third-order valence-corrected chi connectivity index (χ3v) is 6.46. The first-order chi connectivity index (χ1) is 17.4. The number of amides is 1. The number of piperidine rings is 1. The number of benzene rings is 2. The van der Waals surface area contributed by atoms with Crippen molar-refractivity contribution in [3.63, 3.8) is 0 Å². The lowest BCUT2D eigenvalue weighted by Crippen LogP contribution is -2.29. The summed E-state index contributed by atoms with van der Waals surface area (Å²) in [4.78, 5) is 39.9. The largest absolute Gasteiger partial charge is 0.465 e. The number of ether oxygens (including phenoxy) is 2. The van der Waals surface area contributed by atoms with Gasteiger partial charge in [0.05, 0.1) is 31.0 Å². The maximum Gasteiger partial charge on any atom is 0.340 e. The number of hydrogen-bond acceptors (Lipinski definition) is 6. The molecule has 36 heavy (non-hydrogen) atoms. The molecule has 1 aliphatic rings. The zero-order chi connectivity index (χ0) is 25.7. The topological polar surface area (TPSA) is 89.9 Å². The maximum atomic E-state index is 12.8. The summed E-state index contributed by atoms with van der Waals surface area (Å²) in [5, 5.41) is 2.91. The highest BCUT2D eigenvalue weighted by Gasteiger charge is 2.27. The van der Waals surface area contributed by atoms with Crippen molar-refractivity contribution in [1.82, 2.24) is 9.47 Å². The molecule has 188 valence electrons. The molecule has 1 N–H and O–H groups in total. The monoisotopic (exact) mass is 489 g/mol. The molecule has 0 spiro atoms. The highest BCUT2D eigenvalue weighted by Crippen LogP contribution is 2.30. The molecule has 2 aromatic carbocycles. The number of nitrogens with one attached hydrogen (secondary N) is 1. The number of aryl methyl sites for hydroxylation is 1. The van der Waals surface area contributed by atoms with Gasteiger partial charge in [0.25, 0.3) is 5.91 Å². The summed E-state index contributed by atoms with van der Waals surface area (Å²) in [6.45, 7) is 3.17. The molecular weight excluding hydrogens is 458 g/mol. The maximum absolute atomic E-state index is 12.8. The lowest BCUT2D eigenvalue weighted by atomic mass is 10.0. The van der Waals surface area contributed by atoms with Gasteiger partial charge in [-0.3, -0.25) is 9.69 Å². The summed E-state index contributed by atoms with van der Waals surface area (Å²) in [5.41, 5.74) is 3.87. The van der Waals surface area contributed by atoms with Crippen molar-refractivity contribution >= 4 is 23.5 Å². The molecule has 8 heteroatoms. The fraction of sp³-hybridized carbons (Fsp3) is 0.321. The Labute approximate surface area is 210 Å². The minimum absolute atomic E-state index is 0.128. The van der Waals surface area contributed by atoms with E-state index in [1.165, 1.54) is 45.2 Å². The zero-order valence-corrected chi connectivity index (χ0v) is 20.9. The molecule has 0 radical (unpaired) electrons. The normalized spacial score (nSPS) is 13.8. The first-order valence-corrected chi connectivity index (χ1v) is 12.0. The molecule has 0 atom stereocenters. The Kier molecular flexibility index (Phi) is 7.85. The summed E-state index contributed by atoms with van der Waals surface area (Å²) in [6.07, 6.45) is 5.35. The summed E-state index contributed by atoms with van der Waals surface area (Å²) >= 11 is 0. The van der Waals surface area contributed by atoms with Gasteiger partial charge in [-0.25, -0.2) is 9.59 Å². The Morgan fingerprint density at radius 3 is 2.11 bits per heavy atom. The Hall–Kier alpha value is -3.91. The van der Waals surface area contributed by atoms with E-state index in [1.54, 1.807) is 35.9 Å². The molecule has 1 fully saturated rings. The van der Waals surface area contributed by atoms with Crippen LogP contribution in [-0.2, 0) is 23.1 Å². The average molecular weight is 490 g/mol. The van der Waals surface area contributed by atoms with Crippen LogP contribution in [0.25, 0.3) is 11.3 Å². The van der Waals surface area contributed by atoms with Crippen LogP contribution in [0.4, 0.5) is 5.69 Å². The van der Waals surface area contributed by atoms with Gasteiger partial charge in [0, 0.05) is 31.0 Å². The van der Waals surface area contributed by atoms with Crippen LogP contribution in [0.1, 0.15) is 55.9 Å². The lowest BCUT2D eigenvalue weighted by Gasteiger charge is -2.26. The fourth-order valence-electron chi connectivity index (χ4n) is 4.60. The van der Waals surface area contributed by atoms with Crippen LogP contribution in [0, 0.1) is 0 Å². The van der Waals surface area contributed by atoms with E-state index in [4.69, 9.17) is 9.47 Å². The standard InChI is InChI=1S/C28H31N3O5/c1-30-18-23(27(33)35-2)24(28(34)36-3)25(30)20-11-13-22(14-12-20)29-26(32)21-9-7-19(8-10-21)17-31-15-5-4-6-16-31/h7-14,18H,4-6,15-17H2,1-3H3,(H,29,32). The van der Waals surface area contributed by atoms with Crippen LogP contribution < -0.4 is 5.32 Å². The number of carbonyl (C=O) groups excluding carboxylic acids is 3. The molecule has 1 aliphatic heterocycles. The van der Waals surface area contributed by atoms with Gasteiger partial charge in [0.1, 0.15) is 0 Å². The number of likely N-dealkylation sites (tertiary alicyclic amines) is 1. The van der Waals surface area contributed by atoms with Gasteiger partial charge >= 0.3 is 11.9 Å². The van der Waals surface area contributed by atoms with Gasteiger partial charge in [-0.15, -0.1) is 0 Å². The second-order valence-corrected chi connectivity index (χ2v) is 8.93. The molecule has 3 aromatic rings. The van der Waals surface area contributed by atoms with Crippen LogP contribution in [0.2, 0.25) is 0 Å². The smallest absolute Gasteiger partial charge is 0.340 e. The van der Waals surface area contributed by atoms with Crippen LogP contribution in [0.3, 0.4) is 0 Å². The van der Waals surface area contributed by atoms with E-state index in [9.17, 15) is 14.4 Å². The van der Waals surface area contributed by atoms with Crippen molar-refractivity contribution in [3.8, 4) is 11.3 Å². The second-order valence-electron chi connectivity index (χ2n) is 8.93. The minimum atomic E-state index is -0.632. The van der Waals surface area contributed by atoms with E-state index < -0.39 is 11.9 Å². The van der Waals surface area contributed by atoms with Gasteiger partial charge < -0.3 is 19.4 Å². The highest BCUT2D eigenvalue weighted by molar-refractivity contribution is 6.08. The SMILES string of the molecule is COC(=O)c1cn(C)c(-c2ccc(NC(=O)c3ccc(CN4CCCCC4)cc3)cc2)c1C(=O)OC. The number of esters is 2. The van der Waals surface area contributed by atoms with Gasteiger partial charge in [-0.05, 0) is 61.3 Å². The molecule has 0 aliphatic carbocycles. The number of hydrogen-bond donors (Lipinski definition) is 1. The van der Waals surface area contributed by atoms with Gasteiger partial charge in [0.15, 0.2) is 0 Å². The zero-order valence-electron chi connectivity index (χ0n) is 20.9. The molecular formula is C28H31N3O5. The summed E-state index contributed by atoms with van der Waals surface area (Å²) < 4.78 is 11.4. The molecule has 2 heterocycles. The Morgan fingerprint density at radius 2 is 1.50 bits per heavy atom. The predicted octanol–water partition coefficient (Wildman–Crippen LogP) is 4.50. The Balaban J connectivity index is 1.47. The van der Waals surface area contributed by atoms with E-state index in [1.807, 2.05) is 24.3 Å². The molecule has 0 bridgehead atoms. The second kappa shape index (κ2) is 11.2. The third-order valence-electron chi connectivity index (χ3n) is 6.46. The van der Waals surface area contributed by atoms with Crippen molar-refractivity contribution in [3.05, 3.63) is 77.0 Å². The van der Waals surface area contributed by atoms with Gasteiger partial charge in [-0.2, -0.15) is 0 Å². The first-order valence-electron chi connectivity index (χ1n) is 12.0. The Morgan fingerprint density at radius 1 is 0.861 bits per heavy atom. The number of anilines is 1. The number of carbonyl (C=O) groups is 3. The van der Waals surface area contributed by atoms with Crippen LogP contribution >= 0.6 is 0 Å². The molecule has 4 rings (SSSR count). The number of nitrogens with zero attached hydrogens (tertiary/aromatic N) is 2. The molecule has 0 unspecified atom stereocenters. The number of rotatable bonds is 7. The molecule has 1 amide bonds. The van der Waals surface area contributed by atoms with Crippen molar-refractivity contribution in [2.24, 2.45) is 7.05 Å². The van der Waals surface area contributed by atoms with E-state index in [0.717, 1.165) is 19.6 Å². The van der Waals surface area contributed by atoms with Gasteiger partial charge in [-0.1, -0.05) is 30.7 Å². The first kappa shape index (κ1) is 25.2. The van der Waals surface area contributed by atoms with Crippen LogP contribution in [-0.4, -0.2) is 54.6 Å². The lowest BCUT2D eigenvalue weighted by molar-refractivity contribution is 0.0557. The number of methoxy groups -OCH3 is 2. The summed E-state index contributed by atoms with van der Waals surface area (Å²) in [6, 6.07) is 14.8. The predicted molar refractivity (Wildman–Crippen MR) is 137 cm³/mol.